The molecule has 1 aromatic carbocycles. The predicted octanol–water partition coefficient (Wildman–Crippen LogP) is 3.55. The Morgan fingerprint density at radius 1 is 1.33 bits per heavy atom. The van der Waals surface area contributed by atoms with Crippen LogP contribution in [0.25, 0.3) is 11.8 Å². The number of carbonyl (C=O) groups excluding carboxylic acids is 1. The molecule has 0 saturated heterocycles. The normalized spacial score (nSPS) is 11.9. The number of hydrogen-bond donors (Lipinski definition) is 1. The van der Waals surface area contributed by atoms with Crippen molar-refractivity contribution in [1.29, 1.82) is 5.26 Å². The first-order valence-electron chi connectivity index (χ1n) is 8.52. The summed E-state index contributed by atoms with van der Waals surface area (Å²) >= 11 is 6.81. The highest BCUT2D eigenvalue weighted by Gasteiger charge is 2.18. The summed E-state index contributed by atoms with van der Waals surface area (Å²) in [6.45, 7) is 3.78. The maximum absolute atomic E-state index is 12.5. The Kier molecular flexibility index (Phi) is 6.07. The monoisotopic (exact) mass is 461 g/mol. The van der Waals surface area contributed by atoms with E-state index in [0.717, 1.165) is 34.9 Å². The summed E-state index contributed by atoms with van der Waals surface area (Å²) in [7, 11) is -3.58. The van der Waals surface area contributed by atoms with Gasteiger partial charge < -0.3 is 4.57 Å². The number of nitriles is 1. The molecule has 2 aromatic heterocycles. The molecular formula is C19H16ClN5O3S2. The summed E-state index contributed by atoms with van der Waals surface area (Å²) < 4.78 is 28.6. The number of halogens is 1. The SMILES string of the molecule is Cc1cc(/C=C(/C#N)C(=O)Nc2nc(S(C)(=O)=O)ns2)c(C)n1-c1cccc(Cl)c1. The van der Waals surface area contributed by atoms with Gasteiger partial charge >= 0.3 is 0 Å². The van der Waals surface area contributed by atoms with E-state index in [2.05, 4.69) is 14.7 Å². The van der Waals surface area contributed by atoms with Gasteiger partial charge in [0.25, 0.3) is 11.1 Å². The van der Waals surface area contributed by atoms with Crippen LogP contribution in [-0.2, 0) is 14.6 Å². The zero-order chi connectivity index (χ0) is 22.1. The molecule has 0 spiro atoms. The van der Waals surface area contributed by atoms with Gasteiger partial charge in [-0.1, -0.05) is 17.7 Å². The molecule has 0 aliphatic carbocycles. The van der Waals surface area contributed by atoms with Gasteiger partial charge in [0, 0.05) is 39.9 Å². The van der Waals surface area contributed by atoms with E-state index in [1.165, 1.54) is 6.08 Å². The molecule has 3 rings (SSSR count). The van der Waals surface area contributed by atoms with Crippen LogP contribution in [0.1, 0.15) is 17.0 Å². The van der Waals surface area contributed by atoms with Gasteiger partial charge in [0.15, 0.2) is 0 Å². The minimum atomic E-state index is -3.58. The lowest BCUT2D eigenvalue weighted by atomic mass is 10.1. The molecule has 0 saturated carbocycles. The van der Waals surface area contributed by atoms with Crippen molar-refractivity contribution in [2.75, 3.05) is 11.6 Å². The summed E-state index contributed by atoms with van der Waals surface area (Å²) in [5.74, 6) is -0.707. The van der Waals surface area contributed by atoms with Crippen molar-refractivity contribution >= 4 is 50.1 Å². The number of aromatic nitrogens is 3. The molecule has 8 nitrogen and oxygen atoms in total. The van der Waals surface area contributed by atoms with Gasteiger partial charge in [-0.3, -0.25) is 10.1 Å². The van der Waals surface area contributed by atoms with Crippen LogP contribution in [-0.4, -0.2) is 34.5 Å². The van der Waals surface area contributed by atoms with Crippen LogP contribution in [0.15, 0.2) is 41.1 Å². The van der Waals surface area contributed by atoms with Crippen LogP contribution in [0.2, 0.25) is 5.02 Å². The van der Waals surface area contributed by atoms with Gasteiger partial charge in [0.05, 0.1) is 0 Å². The van der Waals surface area contributed by atoms with Crippen LogP contribution < -0.4 is 5.32 Å². The number of nitrogens with zero attached hydrogens (tertiary/aromatic N) is 4. The Morgan fingerprint density at radius 3 is 2.67 bits per heavy atom. The summed E-state index contributed by atoms with van der Waals surface area (Å²) in [5.41, 5.74) is 3.12. The molecule has 154 valence electrons. The third-order valence-corrected chi connectivity index (χ3v) is 5.99. The molecule has 11 heteroatoms. The van der Waals surface area contributed by atoms with E-state index in [1.807, 2.05) is 48.7 Å². The van der Waals surface area contributed by atoms with Crippen LogP contribution in [0.5, 0.6) is 0 Å². The van der Waals surface area contributed by atoms with Crippen LogP contribution in [0, 0.1) is 25.2 Å². The quantitative estimate of drug-likeness (QED) is 0.458. The molecule has 30 heavy (non-hydrogen) atoms. The van der Waals surface area contributed by atoms with Crippen molar-refractivity contribution in [3.05, 3.63) is 57.9 Å². The Labute approximate surface area is 182 Å². The fourth-order valence-corrected chi connectivity index (χ4v) is 4.45. The predicted molar refractivity (Wildman–Crippen MR) is 115 cm³/mol. The van der Waals surface area contributed by atoms with E-state index in [9.17, 15) is 18.5 Å². The average molecular weight is 462 g/mol. The van der Waals surface area contributed by atoms with Crippen molar-refractivity contribution in [2.45, 2.75) is 19.0 Å². The topological polar surface area (TPSA) is 118 Å². The number of carbonyl (C=O) groups is 1. The van der Waals surface area contributed by atoms with E-state index < -0.39 is 15.7 Å². The smallest absolute Gasteiger partial charge is 0.268 e. The second-order valence-electron chi connectivity index (χ2n) is 6.42. The molecule has 1 N–H and O–H groups in total. The fourth-order valence-electron chi connectivity index (χ4n) is 2.83. The number of nitrogens with one attached hydrogen (secondary N) is 1. The number of rotatable bonds is 5. The van der Waals surface area contributed by atoms with Crippen molar-refractivity contribution in [1.82, 2.24) is 13.9 Å². The molecule has 0 aliphatic rings. The summed E-state index contributed by atoms with van der Waals surface area (Å²) in [4.78, 5) is 16.3. The summed E-state index contributed by atoms with van der Waals surface area (Å²) in [5, 5.41) is 12.1. The third kappa shape index (κ3) is 4.59. The lowest BCUT2D eigenvalue weighted by molar-refractivity contribution is -0.112. The van der Waals surface area contributed by atoms with Gasteiger partial charge in [0.2, 0.25) is 15.0 Å². The van der Waals surface area contributed by atoms with E-state index >= 15 is 0 Å². The van der Waals surface area contributed by atoms with Crippen LogP contribution >= 0.6 is 23.1 Å². The number of sulfone groups is 1. The molecule has 2 heterocycles. The Hall–Kier alpha value is -3.00. The zero-order valence-electron chi connectivity index (χ0n) is 16.2. The van der Waals surface area contributed by atoms with Crippen molar-refractivity contribution in [3.8, 4) is 11.8 Å². The fraction of sp³-hybridized carbons (Fsp3) is 0.158. The van der Waals surface area contributed by atoms with Gasteiger partial charge in [-0.2, -0.15) is 14.6 Å². The lowest BCUT2D eigenvalue weighted by Crippen LogP contribution is -2.13. The second-order valence-corrected chi connectivity index (χ2v) is 9.52. The second kappa shape index (κ2) is 8.39. The third-order valence-electron chi connectivity index (χ3n) is 4.16. The Morgan fingerprint density at radius 2 is 2.07 bits per heavy atom. The van der Waals surface area contributed by atoms with Gasteiger partial charge in [-0.25, -0.2) is 8.42 Å². The van der Waals surface area contributed by atoms with Crippen LogP contribution in [0.3, 0.4) is 0 Å². The van der Waals surface area contributed by atoms with E-state index in [-0.39, 0.29) is 15.9 Å². The molecule has 0 bridgehead atoms. The molecule has 0 atom stereocenters. The summed E-state index contributed by atoms with van der Waals surface area (Å²) in [6, 6.07) is 11.1. The zero-order valence-corrected chi connectivity index (χ0v) is 18.6. The number of hydrogen-bond acceptors (Lipinski definition) is 7. The highest BCUT2D eigenvalue weighted by molar-refractivity contribution is 7.90. The van der Waals surface area contributed by atoms with Crippen molar-refractivity contribution in [2.24, 2.45) is 0 Å². The number of aryl methyl sites for hydroxylation is 1. The van der Waals surface area contributed by atoms with Crippen molar-refractivity contribution in [3.63, 3.8) is 0 Å². The highest BCUT2D eigenvalue weighted by Crippen LogP contribution is 2.25. The lowest BCUT2D eigenvalue weighted by Gasteiger charge is -2.10. The standard InChI is InChI=1S/C19H16ClN5O3S2/c1-11-7-13(12(2)25(11)16-6-4-5-15(20)9-16)8-14(10-21)17(26)22-18-23-19(24-29-18)30(3,27)28/h4-9H,1-3H3,(H,22,23,24,26)/b14-8-. The average Bonchev–Trinajstić information content (AvgIpc) is 3.24. The molecular weight excluding hydrogens is 446 g/mol. The molecule has 0 aliphatic heterocycles. The number of anilines is 1. The minimum absolute atomic E-state index is 0.00836. The highest BCUT2D eigenvalue weighted by atomic mass is 35.5. The maximum Gasteiger partial charge on any atom is 0.268 e. The Balaban J connectivity index is 1.91. The first-order chi connectivity index (χ1) is 14.1. The maximum atomic E-state index is 12.5. The minimum Gasteiger partial charge on any atom is -0.318 e. The van der Waals surface area contributed by atoms with E-state index in [1.54, 1.807) is 6.07 Å². The molecule has 1 amide bonds. The van der Waals surface area contributed by atoms with E-state index in [0.29, 0.717) is 10.6 Å². The Bertz CT molecular complexity index is 1320. The number of benzene rings is 1. The summed E-state index contributed by atoms with van der Waals surface area (Å²) in [6.07, 6.45) is 2.44. The van der Waals surface area contributed by atoms with Gasteiger partial charge in [-0.05, 0) is 49.8 Å². The molecule has 0 unspecified atom stereocenters. The molecule has 0 fully saturated rings. The van der Waals surface area contributed by atoms with Crippen LogP contribution in [0.4, 0.5) is 5.13 Å². The molecule has 3 aromatic rings. The van der Waals surface area contributed by atoms with Gasteiger partial charge in [0.1, 0.15) is 11.6 Å². The van der Waals surface area contributed by atoms with E-state index in [4.69, 9.17) is 11.6 Å². The van der Waals surface area contributed by atoms with Crippen molar-refractivity contribution < 1.29 is 13.2 Å². The number of amides is 1. The van der Waals surface area contributed by atoms with Gasteiger partial charge in [-0.15, -0.1) is 0 Å². The largest absolute Gasteiger partial charge is 0.318 e. The molecule has 0 radical (unpaired) electrons. The first kappa shape index (κ1) is 21.7. The first-order valence-corrected chi connectivity index (χ1v) is 11.6.